The molecule has 35 nitrogen and oxygen atoms in total. The van der Waals surface area contributed by atoms with Crippen molar-refractivity contribution in [3.63, 3.8) is 0 Å². The van der Waals surface area contributed by atoms with Crippen LogP contribution in [0.25, 0.3) is 22.0 Å². The molecule has 107 heavy (non-hydrogen) atoms. The molecule has 6 aromatic rings. The van der Waals surface area contributed by atoms with E-state index in [1.165, 1.54) is 66.3 Å². The van der Waals surface area contributed by atoms with Crippen LogP contribution < -0.4 is 21.3 Å². The average Bonchev–Trinajstić information content (AvgIpc) is 0.892. The molecule has 4 aliphatic rings. The molecule has 10 rings (SSSR count). The number of ether oxygens (including phenoxy) is 8. The van der Waals surface area contributed by atoms with Crippen molar-refractivity contribution in [2.75, 3.05) is 56.8 Å². The Kier molecular flexibility index (Phi) is 27.3. The molecule has 3 heterocycles. The zero-order chi connectivity index (χ0) is 77.1. The van der Waals surface area contributed by atoms with Gasteiger partial charge in [-0.05, 0) is 104 Å². The fraction of sp³-hybridized carbons (Fsp3) is 0.485. The molecule has 1 aromatic heterocycles. The Morgan fingerprint density at radius 3 is 2.06 bits per heavy atom. The van der Waals surface area contributed by atoms with Crippen molar-refractivity contribution in [3.05, 3.63) is 126 Å². The molecule has 2 saturated carbocycles. The molecule has 0 spiro atoms. The van der Waals surface area contributed by atoms with Crippen molar-refractivity contribution in [2.45, 2.75) is 165 Å². The highest BCUT2D eigenvalue weighted by Crippen LogP contribution is 2.43. The van der Waals surface area contributed by atoms with Crippen molar-refractivity contribution < 1.29 is 136 Å². The van der Waals surface area contributed by atoms with Crippen LogP contribution in [-0.4, -0.2) is 240 Å². The Morgan fingerprint density at radius 2 is 1.38 bits per heavy atom. The SMILES string of the molecule is CC1OC(OC2C(OC3OC(CO)C(O)C(O[C@@H](CC4CCCCC4)C(=O)O)C3OC(=O)c3ccccc3)CC(C(=O)NCCNC(=O)COCCOCC(=O)Nc3cccc(CNc4cc(S(=O)(=O)O)cc5cc(S(=O)(=O)O)cc(S(=O)(=O)O)c45)c3)CC2n2cc(-c3cccc(F)c3)nn2)C(O)C(O)C1O. The fourth-order valence-corrected chi connectivity index (χ4v) is 15.1. The number of halogens is 1. The summed E-state index contributed by atoms with van der Waals surface area (Å²) in [5.74, 6) is -6.12. The molecule has 39 heteroatoms. The molecular weight excluding hydrogens is 1480 g/mol. The van der Waals surface area contributed by atoms with Gasteiger partial charge in [-0.25, -0.2) is 18.7 Å². The number of amides is 3. The van der Waals surface area contributed by atoms with Crippen molar-refractivity contribution >= 4 is 82.2 Å². The molecule has 3 amide bonds. The Balaban J connectivity index is 0.792. The minimum atomic E-state index is -5.23. The van der Waals surface area contributed by atoms with Gasteiger partial charge in [-0.1, -0.05) is 79.8 Å². The monoisotopic (exact) mass is 1560 g/mol. The Bertz CT molecular complexity index is 4480. The second kappa shape index (κ2) is 35.9. The summed E-state index contributed by atoms with van der Waals surface area (Å²) in [6, 6.07) is 20.6. The molecule has 2 aliphatic heterocycles. The largest absolute Gasteiger partial charge is 0.479 e. The van der Waals surface area contributed by atoms with Gasteiger partial charge < -0.3 is 89.8 Å². The summed E-state index contributed by atoms with van der Waals surface area (Å²) < 4.78 is 168. The first-order valence-corrected chi connectivity index (χ1v) is 38.3. The third-order valence-corrected chi connectivity index (χ3v) is 21.1. The lowest BCUT2D eigenvalue weighted by Crippen LogP contribution is -2.64. The number of aliphatic carboxylic acids is 1. The van der Waals surface area contributed by atoms with E-state index in [2.05, 4.69) is 31.6 Å². The lowest BCUT2D eigenvalue weighted by Gasteiger charge is -2.48. The Hall–Kier alpha value is -8.17. The van der Waals surface area contributed by atoms with Crippen molar-refractivity contribution in [3.8, 4) is 11.3 Å². The fourth-order valence-electron chi connectivity index (χ4n) is 13.2. The Labute approximate surface area is 612 Å². The summed E-state index contributed by atoms with van der Waals surface area (Å²) >= 11 is 0. The predicted molar refractivity (Wildman–Crippen MR) is 368 cm³/mol. The first-order valence-electron chi connectivity index (χ1n) is 34.0. The van der Waals surface area contributed by atoms with Gasteiger partial charge in [0.05, 0.1) is 59.6 Å². The van der Waals surface area contributed by atoms with Crippen LogP contribution in [0.2, 0.25) is 0 Å². The normalized spacial score (nSPS) is 25.5. The van der Waals surface area contributed by atoms with Gasteiger partial charge in [0.25, 0.3) is 30.4 Å². The number of aromatic nitrogens is 3. The van der Waals surface area contributed by atoms with Gasteiger partial charge in [0.2, 0.25) is 17.7 Å². The maximum atomic E-state index is 14.7. The number of benzene rings is 5. The van der Waals surface area contributed by atoms with Crippen molar-refractivity contribution in [1.29, 1.82) is 0 Å². The molecule has 13 N–H and O–H groups in total. The third-order valence-electron chi connectivity index (χ3n) is 18.6. The van der Waals surface area contributed by atoms with Gasteiger partial charge in [-0.3, -0.25) is 28.0 Å². The van der Waals surface area contributed by atoms with Gasteiger partial charge in [0.1, 0.15) is 72.3 Å². The van der Waals surface area contributed by atoms with Gasteiger partial charge in [0.15, 0.2) is 24.8 Å². The number of fused-ring (bicyclic) bond motifs is 1. The van der Waals surface area contributed by atoms with Gasteiger partial charge in [0, 0.05) is 47.9 Å². The molecule has 4 fully saturated rings. The van der Waals surface area contributed by atoms with E-state index in [-0.39, 0.29) is 86.2 Å². The lowest BCUT2D eigenvalue weighted by molar-refractivity contribution is -0.348. The summed E-state index contributed by atoms with van der Waals surface area (Å²) in [6.45, 7) is -1.43. The van der Waals surface area contributed by atoms with Crippen LogP contribution in [-0.2, 0) is 94.0 Å². The second-order valence-corrected chi connectivity index (χ2v) is 30.4. The number of carbonyl (C=O) groups excluding carboxylic acids is 4. The molecule has 2 aliphatic carbocycles. The maximum absolute atomic E-state index is 14.7. The number of hydrogen-bond acceptors (Lipinski definition) is 27. The van der Waals surface area contributed by atoms with Crippen LogP contribution in [0.3, 0.4) is 0 Å². The highest BCUT2D eigenvalue weighted by atomic mass is 32.2. The number of esters is 1. The van der Waals surface area contributed by atoms with E-state index >= 15 is 0 Å². The summed E-state index contributed by atoms with van der Waals surface area (Å²) in [7, 11) is -15.3. The van der Waals surface area contributed by atoms with E-state index in [1.807, 2.05) is 0 Å². The summed E-state index contributed by atoms with van der Waals surface area (Å²) in [5, 5.41) is 85.2. The standard InChI is InChI=1S/C68H82FN7O28S3/c1-36-57(80)59(82)60(83)67(99-36)104-61-49(76-32-48(74-75-76)40-15-9-16-43(69)24-40)27-42(28-50(61)101-68-63(103-66(87)39-13-6-3-7-14-39)62(58(81)52(33-77)102-68)100-51(65(85)86)23-37-10-4-2-5-11-37)64(84)71-19-18-70-54(78)34-97-20-21-98-35-55(79)73-44-17-8-12-38(22-44)31-72-47-29-45(105(88,89)90)25-41-26-46(106(91,92)93)30-53(56(41)47)107(94,95)96/h3,6-9,12-17,22,24-26,29-30,32,36-37,42,49-52,57-63,67-68,72,77,80-83H,2,4-5,10-11,18-21,23,27-28,31,33-35H2,1H3,(H,70,78)(H,71,84)(H,73,79)(H,85,86)(H,88,89,90)(H,91,92,93)(H,94,95,96)/t36?,42?,49?,50?,51-,52?,57?,58?,59?,60?,61?,62?,63?,67?,68?/m0/s1. The molecule has 15 atom stereocenters. The summed E-state index contributed by atoms with van der Waals surface area (Å²) in [5.41, 5.74) is 0.750. The van der Waals surface area contributed by atoms with Crippen LogP contribution >= 0.6 is 0 Å². The number of hydrogen-bond donors (Lipinski definition) is 13. The van der Waals surface area contributed by atoms with Crippen molar-refractivity contribution in [1.82, 2.24) is 25.6 Å². The Morgan fingerprint density at radius 1 is 0.701 bits per heavy atom. The number of carboxylic acid groups (broad SMARTS) is 1. The summed E-state index contributed by atoms with van der Waals surface area (Å²) in [4.78, 5) is 65.0. The molecule has 0 radical (unpaired) electrons. The van der Waals surface area contributed by atoms with E-state index in [0.29, 0.717) is 24.5 Å². The van der Waals surface area contributed by atoms with Crippen molar-refractivity contribution in [2.24, 2.45) is 11.8 Å². The third kappa shape index (κ3) is 21.2. The van der Waals surface area contributed by atoms with Gasteiger partial charge in [-0.2, -0.15) is 25.3 Å². The number of aliphatic hydroxyl groups excluding tert-OH is 5. The molecular formula is C68H82FN7O28S3. The van der Waals surface area contributed by atoms with E-state index in [9.17, 15) is 97.9 Å². The van der Waals surface area contributed by atoms with E-state index in [4.69, 9.17) is 37.9 Å². The lowest BCUT2D eigenvalue weighted by atomic mass is 9.80. The molecule has 2 saturated heterocycles. The van der Waals surface area contributed by atoms with E-state index < -0.39 is 203 Å². The number of anilines is 2. The number of rotatable bonds is 32. The van der Waals surface area contributed by atoms with E-state index in [1.54, 1.807) is 30.3 Å². The van der Waals surface area contributed by atoms with Gasteiger partial charge >= 0.3 is 11.9 Å². The first-order chi connectivity index (χ1) is 50.8. The average molecular weight is 1560 g/mol. The number of nitrogens with zero attached hydrogens (tertiary/aromatic N) is 3. The minimum absolute atomic E-state index is 0.00763. The number of carboxylic acids is 1. The quantitative estimate of drug-likeness (QED) is 0.0163. The van der Waals surface area contributed by atoms with Crippen LogP contribution in [0, 0.1) is 17.7 Å². The van der Waals surface area contributed by atoms with Crippen LogP contribution in [0.4, 0.5) is 15.8 Å². The first kappa shape index (κ1) is 81.3. The van der Waals surface area contributed by atoms with E-state index in [0.717, 1.165) is 37.5 Å². The molecule has 582 valence electrons. The predicted octanol–water partition coefficient (Wildman–Crippen LogP) is 2.16. The number of carbonyl (C=O) groups is 5. The van der Waals surface area contributed by atoms with Gasteiger partial charge in [-0.15, -0.1) is 5.10 Å². The topological polar surface area (TPSA) is 523 Å². The second-order valence-electron chi connectivity index (χ2n) is 26.2. The number of nitrogens with one attached hydrogen (secondary N) is 4. The molecule has 14 unspecified atom stereocenters. The molecule has 5 aromatic carbocycles. The number of aliphatic hydroxyl groups is 5. The van der Waals surface area contributed by atoms with Crippen LogP contribution in [0.15, 0.2) is 124 Å². The smallest absolute Gasteiger partial charge is 0.338 e. The van der Waals surface area contributed by atoms with Crippen LogP contribution in [0.5, 0.6) is 0 Å². The maximum Gasteiger partial charge on any atom is 0.338 e. The highest BCUT2D eigenvalue weighted by molar-refractivity contribution is 7.87. The highest BCUT2D eigenvalue weighted by Gasteiger charge is 2.55. The minimum Gasteiger partial charge on any atom is -0.479 e. The summed E-state index contributed by atoms with van der Waals surface area (Å²) in [6.07, 6.45) is -16.9. The zero-order valence-electron chi connectivity index (χ0n) is 57.2. The van der Waals surface area contributed by atoms with Crippen LogP contribution in [0.1, 0.15) is 80.3 Å². The zero-order valence-corrected chi connectivity index (χ0v) is 59.6. The molecule has 0 bridgehead atoms.